The average molecular weight is 588 g/mol. The maximum Gasteiger partial charge on any atom is 0.317 e. The number of methoxy groups -OCH3 is 2. The minimum absolute atomic E-state index is 0.204. The molecule has 7 heteroatoms. The van der Waals surface area contributed by atoms with Crippen LogP contribution in [-0.2, 0) is 23.7 Å². The topological polar surface area (TPSA) is 74.2 Å². The summed E-state index contributed by atoms with van der Waals surface area (Å²) < 4.78 is 23.5. The van der Waals surface area contributed by atoms with Crippen molar-refractivity contribution in [2.75, 3.05) is 27.8 Å². The third-order valence-corrected chi connectivity index (χ3v) is 12.5. The Kier molecular flexibility index (Phi) is 9.75. The van der Waals surface area contributed by atoms with Crippen molar-refractivity contribution in [2.45, 2.75) is 103 Å². The highest BCUT2D eigenvalue weighted by atomic mass is 79.9. The van der Waals surface area contributed by atoms with E-state index >= 15 is 0 Å². The first-order chi connectivity index (χ1) is 17.6. The van der Waals surface area contributed by atoms with Gasteiger partial charge in [0, 0.05) is 14.2 Å². The number of aliphatic carboxylic acids is 1. The molecule has 0 aromatic rings. The summed E-state index contributed by atoms with van der Waals surface area (Å²) in [7, 11) is 3.44. The summed E-state index contributed by atoms with van der Waals surface area (Å²) in [5, 5.41) is 9.51. The molecule has 37 heavy (non-hydrogen) atoms. The predicted molar refractivity (Wildman–Crippen MR) is 147 cm³/mol. The van der Waals surface area contributed by atoms with Crippen LogP contribution in [0.15, 0.2) is 0 Å². The number of carboxylic acid groups (broad SMARTS) is 1. The van der Waals surface area contributed by atoms with Crippen LogP contribution in [0.5, 0.6) is 0 Å². The fraction of sp³-hybridized carbons (Fsp3) is 0.967. The molecule has 4 saturated carbocycles. The van der Waals surface area contributed by atoms with E-state index in [0.29, 0.717) is 66.8 Å². The summed E-state index contributed by atoms with van der Waals surface area (Å²) in [6.45, 7) is 10.5. The van der Waals surface area contributed by atoms with Crippen LogP contribution in [0, 0.1) is 52.3 Å². The second-order valence-corrected chi connectivity index (χ2v) is 14.3. The van der Waals surface area contributed by atoms with E-state index < -0.39 is 10.8 Å². The Balaban J connectivity index is 1.64. The van der Waals surface area contributed by atoms with Crippen molar-refractivity contribution in [2.24, 2.45) is 52.3 Å². The van der Waals surface area contributed by atoms with Crippen LogP contribution in [0.2, 0.25) is 0 Å². The van der Waals surface area contributed by atoms with Gasteiger partial charge in [-0.15, -0.1) is 0 Å². The van der Waals surface area contributed by atoms with E-state index in [1.54, 1.807) is 14.2 Å². The molecular formula is C30H51BrO6. The fourth-order valence-corrected chi connectivity index (χ4v) is 10.8. The van der Waals surface area contributed by atoms with Crippen LogP contribution in [0.4, 0.5) is 0 Å². The molecule has 4 rings (SSSR count). The molecule has 1 N–H and O–H groups in total. The first-order valence-corrected chi connectivity index (χ1v) is 15.6. The maximum absolute atomic E-state index is 11.6. The van der Waals surface area contributed by atoms with E-state index in [-0.39, 0.29) is 17.6 Å². The van der Waals surface area contributed by atoms with Crippen LogP contribution in [0.25, 0.3) is 0 Å². The Bertz CT molecular complexity index is 779. The standard InChI is InChI=1S/C30H51BrO6/c1-7-20-24-15-19(36-16-34-5)10-12-30(24,4)23-11-13-29(3)21(18(2)14-25(31)28(32)33)8-9-22(29)26(23)27(20)37-17-35-6/h18-27H,7-17H2,1-6H3,(H,32,33)/t18-,19-,20-,21-,22?,23?,24+,25?,26?,27-,29-,30-/m1/s1. The van der Waals surface area contributed by atoms with Gasteiger partial charge in [0.2, 0.25) is 0 Å². The average Bonchev–Trinajstić information content (AvgIpc) is 3.23. The van der Waals surface area contributed by atoms with E-state index in [4.69, 9.17) is 18.9 Å². The molecule has 4 unspecified atom stereocenters. The lowest BCUT2D eigenvalue weighted by atomic mass is 9.41. The molecule has 12 atom stereocenters. The third-order valence-electron chi connectivity index (χ3n) is 11.7. The highest BCUT2D eigenvalue weighted by Gasteiger charge is 2.65. The quantitative estimate of drug-likeness (QED) is 0.213. The summed E-state index contributed by atoms with van der Waals surface area (Å²) >= 11 is 3.42. The fourth-order valence-electron chi connectivity index (χ4n) is 10.2. The second-order valence-electron chi connectivity index (χ2n) is 13.2. The number of fused-ring (bicyclic) bond motifs is 5. The Morgan fingerprint density at radius 1 is 0.973 bits per heavy atom. The van der Waals surface area contributed by atoms with Crippen molar-refractivity contribution in [1.29, 1.82) is 0 Å². The normalized spacial score (nSPS) is 44.9. The molecule has 4 aliphatic rings. The highest BCUT2D eigenvalue weighted by molar-refractivity contribution is 9.10. The summed E-state index contributed by atoms with van der Waals surface area (Å²) in [6.07, 6.45) is 10.6. The molecule has 0 aromatic carbocycles. The number of halogens is 1. The van der Waals surface area contributed by atoms with Gasteiger partial charge in [0.25, 0.3) is 0 Å². The first kappa shape index (κ1) is 29.8. The smallest absolute Gasteiger partial charge is 0.317 e. The van der Waals surface area contributed by atoms with Gasteiger partial charge in [-0.05, 0) is 104 Å². The second kappa shape index (κ2) is 12.1. The number of hydrogen-bond acceptors (Lipinski definition) is 5. The Hall–Kier alpha value is -0.210. The molecule has 4 fully saturated rings. The van der Waals surface area contributed by atoms with Gasteiger partial charge in [-0.1, -0.05) is 50.0 Å². The number of rotatable bonds is 11. The lowest BCUT2D eigenvalue weighted by molar-refractivity contribution is -0.239. The largest absolute Gasteiger partial charge is 0.480 e. The van der Waals surface area contributed by atoms with Gasteiger partial charge < -0.3 is 24.1 Å². The number of hydrogen-bond donors (Lipinski definition) is 1. The molecule has 0 heterocycles. The molecule has 0 saturated heterocycles. The van der Waals surface area contributed by atoms with Crippen molar-refractivity contribution in [3.8, 4) is 0 Å². The molecule has 0 amide bonds. The van der Waals surface area contributed by atoms with Gasteiger partial charge in [-0.3, -0.25) is 4.79 Å². The summed E-state index contributed by atoms with van der Waals surface area (Å²) in [4.78, 5) is 11.1. The van der Waals surface area contributed by atoms with E-state index in [1.165, 1.54) is 32.1 Å². The van der Waals surface area contributed by atoms with Gasteiger partial charge in [0.05, 0.1) is 12.2 Å². The summed E-state index contributed by atoms with van der Waals surface area (Å²) in [5.41, 5.74) is 0.543. The lowest BCUT2D eigenvalue weighted by Crippen LogP contribution is -2.63. The van der Waals surface area contributed by atoms with Crippen molar-refractivity contribution in [3.63, 3.8) is 0 Å². The van der Waals surface area contributed by atoms with Gasteiger partial charge in [-0.25, -0.2) is 0 Å². The van der Waals surface area contributed by atoms with Crippen molar-refractivity contribution >= 4 is 21.9 Å². The molecule has 0 aromatic heterocycles. The molecule has 0 spiro atoms. The number of alkyl halides is 1. The van der Waals surface area contributed by atoms with Crippen LogP contribution in [-0.4, -0.2) is 55.9 Å². The maximum atomic E-state index is 11.6. The lowest BCUT2D eigenvalue weighted by Gasteiger charge is -2.65. The number of carboxylic acids is 1. The zero-order valence-corrected chi connectivity index (χ0v) is 25.5. The zero-order valence-electron chi connectivity index (χ0n) is 23.9. The SMILES string of the molecule is CC[C@H]1[C@@H](OCOC)C2C3CC[C@H]([C@H](C)CC(Br)C(=O)O)[C@@]3(C)CCC2[C@@]2(C)CC[C@@H](OCOC)C[C@@H]12. The van der Waals surface area contributed by atoms with Crippen LogP contribution >= 0.6 is 15.9 Å². The number of ether oxygens (including phenoxy) is 4. The molecule has 214 valence electrons. The monoisotopic (exact) mass is 586 g/mol. The van der Waals surface area contributed by atoms with E-state index in [9.17, 15) is 9.90 Å². The Labute approximate surface area is 233 Å². The van der Waals surface area contributed by atoms with Crippen molar-refractivity contribution in [3.05, 3.63) is 0 Å². The minimum atomic E-state index is -0.745. The summed E-state index contributed by atoms with van der Waals surface area (Å²) in [6, 6.07) is 0. The van der Waals surface area contributed by atoms with E-state index in [0.717, 1.165) is 19.3 Å². The highest BCUT2D eigenvalue weighted by Crippen LogP contribution is 2.70. The molecule has 0 radical (unpaired) electrons. The Morgan fingerprint density at radius 3 is 2.27 bits per heavy atom. The van der Waals surface area contributed by atoms with Gasteiger partial charge in [0.1, 0.15) is 18.4 Å². The van der Waals surface area contributed by atoms with Gasteiger partial charge >= 0.3 is 5.97 Å². The van der Waals surface area contributed by atoms with Crippen LogP contribution in [0.3, 0.4) is 0 Å². The molecule has 0 bridgehead atoms. The molecule has 4 aliphatic carbocycles. The third kappa shape index (κ3) is 5.42. The van der Waals surface area contributed by atoms with E-state index in [1.807, 2.05) is 0 Å². The molecule has 0 aliphatic heterocycles. The Morgan fingerprint density at radius 2 is 1.62 bits per heavy atom. The van der Waals surface area contributed by atoms with E-state index in [2.05, 4.69) is 43.6 Å². The number of carbonyl (C=O) groups is 1. The first-order valence-electron chi connectivity index (χ1n) is 14.7. The van der Waals surface area contributed by atoms with Crippen LogP contribution in [0.1, 0.15) is 85.5 Å². The summed E-state index contributed by atoms with van der Waals surface area (Å²) in [5.74, 6) is 3.08. The van der Waals surface area contributed by atoms with Crippen molar-refractivity contribution < 1.29 is 28.8 Å². The zero-order chi connectivity index (χ0) is 27.0. The minimum Gasteiger partial charge on any atom is -0.480 e. The van der Waals surface area contributed by atoms with Crippen LogP contribution < -0.4 is 0 Å². The molecule has 6 nitrogen and oxygen atoms in total. The van der Waals surface area contributed by atoms with Gasteiger partial charge in [0.15, 0.2) is 0 Å². The van der Waals surface area contributed by atoms with Crippen molar-refractivity contribution in [1.82, 2.24) is 0 Å². The molecular weight excluding hydrogens is 536 g/mol. The predicted octanol–water partition coefficient (Wildman–Crippen LogP) is 6.74. The van der Waals surface area contributed by atoms with Gasteiger partial charge in [-0.2, -0.15) is 0 Å².